The summed E-state index contributed by atoms with van der Waals surface area (Å²) in [6.07, 6.45) is 0. The van der Waals surface area contributed by atoms with E-state index in [1.165, 1.54) is 0 Å². The van der Waals surface area contributed by atoms with Crippen LogP contribution in [0.5, 0.6) is 5.75 Å². The van der Waals surface area contributed by atoms with Gasteiger partial charge >= 0.3 is 0 Å². The van der Waals surface area contributed by atoms with Crippen LogP contribution in [0.3, 0.4) is 0 Å². The predicted octanol–water partition coefficient (Wildman–Crippen LogP) is 3.02. The standard InChI is InChI=1S/C16H12N4O/c1-21-14-7-3-5-12(9-14)11-4-2-6-13(8-11)16-15(10-17)18-20-19-16/h2-9H,1H3,(H,18,19,20). The third-order valence-corrected chi connectivity index (χ3v) is 3.19. The van der Waals surface area contributed by atoms with E-state index in [4.69, 9.17) is 10.00 Å². The summed E-state index contributed by atoms with van der Waals surface area (Å²) in [6.45, 7) is 0. The Balaban J connectivity index is 2.06. The summed E-state index contributed by atoms with van der Waals surface area (Å²) < 4.78 is 5.24. The van der Waals surface area contributed by atoms with Gasteiger partial charge < -0.3 is 4.74 Å². The van der Waals surface area contributed by atoms with Crippen molar-refractivity contribution in [1.29, 1.82) is 5.26 Å². The first kappa shape index (κ1) is 12.9. The fourth-order valence-electron chi connectivity index (χ4n) is 2.16. The lowest BCUT2D eigenvalue weighted by atomic mass is 10.0. The topological polar surface area (TPSA) is 74.6 Å². The highest BCUT2D eigenvalue weighted by molar-refractivity contribution is 5.73. The highest BCUT2D eigenvalue weighted by Crippen LogP contribution is 2.28. The van der Waals surface area contributed by atoms with Gasteiger partial charge in [0.25, 0.3) is 0 Å². The molecule has 0 atom stereocenters. The van der Waals surface area contributed by atoms with E-state index >= 15 is 0 Å². The molecule has 5 heteroatoms. The molecule has 0 saturated carbocycles. The molecule has 0 amide bonds. The van der Waals surface area contributed by atoms with Gasteiger partial charge in [-0.1, -0.05) is 30.3 Å². The molecule has 0 aliphatic carbocycles. The van der Waals surface area contributed by atoms with Crippen molar-refractivity contribution in [2.24, 2.45) is 0 Å². The molecule has 0 fully saturated rings. The number of H-pyrrole nitrogens is 1. The molecule has 0 unspecified atom stereocenters. The van der Waals surface area contributed by atoms with Gasteiger partial charge in [0.2, 0.25) is 0 Å². The number of hydrogen-bond donors (Lipinski definition) is 1. The Hall–Kier alpha value is -3.13. The van der Waals surface area contributed by atoms with Gasteiger partial charge in [-0.25, -0.2) is 0 Å². The maximum absolute atomic E-state index is 9.03. The molecule has 0 bridgehead atoms. The van der Waals surface area contributed by atoms with E-state index in [1.807, 2.05) is 54.6 Å². The Labute approximate surface area is 121 Å². The number of nitrogens with one attached hydrogen (secondary N) is 1. The lowest BCUT2D eigenvalue weighted by molar-refractivity contribution is 0.415. The minimum atomic E-state index is 0.290. The second-order valence-corrected chi connectivity index (χ2v) is 4.45. The normalized spacial score (nSPS) is 10.1. The first-order valence-corrected chi connectivity index (χ1v) is 6.37. The van der Waals surface area contributed by atoms with Crippen molar-refractivity contribution in [2.45, 2.75) is 0 Å². The molecule has 0 saturated heterocycles. The Morgan fingerprint density at radius 3 is 2.48 bits per heavy atom. The Morgan fingerprint density at radius 2 is 1.71 bits per heavy atom. The van der Waals surface area contributed by atoms with Crippen LogP contribution >= 0.6 is 0 Å². The van der Waals surface area contributed by atoms with E-state index in [9.17, 15) is 0 Å². The molecule has 1 heterocycles. The predicted molar refractivity (Wildman–Crippen MR) is 78.5 cm³/mol. The number of hydrogen-bond acceptors (Lipinski definition) is 4. The quantitative estimate of drug-likeness (QED) is 0.798. The number of aromatic amines is 1. The van der Waals surface area contributed by atoms with Crippen molar-refractivity contribution >= 4 is 0 Å². The minimum absolute atomic E-state index is 0.290. The van der Waals surface area contributed by atoms with Gasteiger partial charge in [-0.05, 0) is 29.3 Å². The molecule has 0 aliphatic rings. The van der Waals surface area contributed by atoms with Gasteiger partial charge in [0, 0.05) is 5.56 Å². The number of nitrogens with zero attached hydrogens (tertiary/aromatic N) is 3. The van der Waals surface area contributed by atoms with Crippen molar-refractivity contribution in [3.63, 3.8) is 0 Å². The number of aromatic nitrogens is 3. The van der Waals surface area contributed by atoms with Crippen LogP contribution < -0.4 is 4.74 Å². The second-order valence-electron chi connectivity index (χ2n) is 4.45. The van der Waals surface area contributed by atoms with Crippen LogP contribution in [0.2, 0.25) is 0 Å². The summed E-state index contributed by atoms with van der Waals surface area (Å²) >= 11 is 0. The van der Waals surface area contributed by atoms with Crippen LogP contribution in [0.25, 0.3) is 22.4 Å². The molecular weight excluding hydrogens is 264 g/mol. The second kappa shape index (κ2) is 5.47. The van der Waals surface area contributed by atoms with Gasteiger partial charge in [-0.3, -0.25) is 0 Å². The fourth-order valence-corrected chi connectivity index (χ4v) is 2.16. The average Bonchev–Trinajstić information content (AvgIpc) is 3.03. The zero-order valence-electron chi connectivity index (χ0n) is 11.4. The first-order valence-electron chi connectivity index (χ1n) is 6.37. The number of methoxy groups -OCH3 is 1. The smallest absolute Gasteiger partial charge is 0.190 e. The number of benzene rings is 2. The molecule has 0 spiro atoms. The molecule has 3 aromatic rings. The summed E-state index contributed by atoms with van der Waals surface area (Å²) in [6, 6.07) is 17.7. The molecule has 0 aliphatic heterocycles. The van der Waals surface area contributed by atoms with Crippen molar-refractivity contribution in [1.82, 2.24) is 15.4 Å². The van der Waals surface area contributed by atoms with Gasteiger partial charge in [-0.15, -0.1) is 5.10 Å². The molecule has 3 rings (SSSR count). The highest BCUT2D eigenvalue weighted by Gasteiger charge is 2.10. The van der Waals surface area contributed by atoms with E-state index in [1.54, 1.807) is 7.11 Å². The Kier molecular flexibility index (Phi) is 3.36. The van der Waals surface area contributed by atoms with Crippen LogP contribution in [-0.4, -0.2) is 22.5 Å². The van der Waals surface area contributed by atoms with Crippen molar-refractivity contribution in [3.8, 4) is 34.2 Å². The van der Waals surface area contributed by atoms with Crippen LogP contribution in [0, 0.1) is 11.3 Å². The SMILES string of the molecule is COc1cccc(-c2cccc(-c3n[nH]nc3C#N)c2)c1. The fraction of sp³-hybridized carbons (Fsp3) is 0.0625. The maximum atomic E-state index is 9.03. The van der Waals surface area contributed by atoms with Gasteiger partial charge in [0.05, 0.1) is 7.11 Å². The third-order valence-electron chi connectivity index (χ3n) is 3.19. The summed E-state index contributed by atoms with van der Waals surface area (Å²) in [5, 5.41) is 19.4. The van der Waals surface area contributed by atoms with Crippen molar-refractivity contribution < 1.29 is 4.74 Å². The molecule has 21 heavy (non-hydrogen) atoms. The number of rotatable bonds is 3. The summed E-state index contributed by atoms with van der Waals surface area (Å²) in [7, 11) is 1.64. The van der Waals surface area contributed by atoms with Crippen LogP contribution in [-0.2, 0) is 0 Å². The van der Waals surface area contributed by atoms with E-state index in [2.05, 4.69) is 15.4 Å². The van der Waals surface area contributed by atoms with E-state index in [-0.39, 0.29) is 5.69 Å². The largest absolute Gasteiger partial charge is 0.497 e. The number of nitriles is 1. The van der Waals surface area contributed by atoms with Crippen molar-refractivity contribution in [3.05, 3.63) is 54.2 Å². The van der Waals surface area contributed by atoms with Crippen molar-refractivity contribution in [2.75, 3.05) is 7.11 Å². The van der Waals surface area contributed by atoms with Gasteiger partial charge in [0.1, 0.15) is 17.5 Å². The molecular formula is C16H12N4O. The minimum Gasteiger partial charge on any atom is -0.497 e. The molecule has 0 radical (unpaired) electrons. The summed E-state index contributed by atoms with van der Waals surface area (Å²) in [5.41, 5.74) is 3.76. The lowest BCUT2D eigenvalue weighted by Gasteiger charge is -2.06. The van der Waals surface area contributed by atoms with Crippen LogP contribution in [0.1, 0.15) is 5.69 Å². The van der Waals surface area contributed by atoms with Crippen LogP contribution in [0.15, 0.2) is 48.5 Å². The third kappa shape index (κ3) is 2.47. The van der Waals surface area contributed by atoms with Gasteiger partial charge in [0.15, 0.2) is 5.69 Å². The first-order chi connectivity index (χ1) is 10.3. The maximum Gasteiger partial charge on any atom is 0.190 e. The van der Waals surface area contributed by atoms with Gasteiger partial charge in [-0.2, -0.15) is 15.6 Å². The number of ether oxygens (including phenoxy) is 1. The molecule has 2 aromatic carbocycles. The average molecular weight is 276 g/mol. The summed E-state index contributed by atoms with van der Waals surface area (Å²) in [5.74, 6) is 0.803. The molecule has 102 valence electrons. The van der Waals surface area contributed by atoms with Crippen LogP contribution in [0.4, 0.5) is 0 Å². The zero-order chi connectivity index (χ0) is 14.7. The van der Waals surface area contributed by atoms with E-state index in [0.29, 0.717) is 5.69 Å². The summed E-state index contributed by atoms with van der Waals surface area (Å²) in [4.78, 5) is 0. The molecule has 1 aromatic heterocycles. The lowest BCUT2D eigenvalue weighted by Crippen LogP contribution is -1.86. The molecule has 1 N–H and O–H groups in total. The van der Waals surface area contributed by atoms with E-state index in [0.717, 1.165) is 22.4 Å². The molecule has 5 nitrogen and oxygen atoms in total. The van der Waals surface area contributed by atoms with E-state index < -0.39 is 0 Å². The zero-order valence-corrected chi connectivity index (χ0v) is 11.4. The monoisotopic (exact) mass is 276 g/mol. The highest BCUT2D eigenvalue weighted by atomic mass is 16.5. The Morgan fingerprint density at radius 1 is 1.00 bits per heavy atom. The Bertz CT molecular complexity index is 817.